The molecule has 0 saturated carbocycles. The van der Waals surface area contributed by atoms with Crippen LogP contribution < -0.4 is 10.6 Å². The number of thiazole rings is 1. The number of benzene rings is 2. The van der Waals surface area contributed by atoms with Gasteiger partial charge in [0.05, 0.1) is 23.4 Å². The quantitative estimate of drug-likeness (QED) is 0.627. The first-order valence-electron chi connectivity index (χ1n) is 8.59. The Morgan fingerprint density at radius 1 is 1.21 bits per heavy atom. The number of hydrogen-bond acceptors (Lipinski definition) is 5. The number of phenolic OH excluding ortho intramolecular Hbond substituents is 1. The highest BCUT2D eigenvalue weighted by Crippen LogP contribution is 2.37. The number of nitriles is 1. The van der Waals surface area contributed by atoms with E-state index in [1.807, 2.05) is 30.5 Å². The number of rotatable bonds is 3. The van der Waals surface area contributed by atoms with Gasteiger partial charge in [-0.15, -0.1) is 11.3 Å². The average Bonchev–Trinajstić information content (AvgIpc) is 3.17. The molecule has 1 aliphatic rings. The molecule has 0 fully saturated rings. The van der Waals surface area contributed by atoms with Crippen LogP contribution in [-0.4, -0.2) is 16.1 Å². The molecule has 3 aromatic rings. The van der Waals surface area contributed by atoms with E-state index < -0.39 is 6.04 Å². The van der Waals surface area contributed by atoms with E-state index in [2.05, 4.69) is 16.7 Å². The highest BCUT2D eigenvalue weighted by Gasteiger charge is 2.29. The molecule has 3 N–H and O–H groups in total. The molecule has 1 aliphatic heterocycles. The predicted molar refractivity (Wildman–Crippen MR) is 107 cm³/mol. The largest absolute Gasteiger partial charge is 0.508 e. The summed E-state index contributed by atoms with van der Waals surface area (Å²) < 4.78 is 0. The van der Waals surface area contributed by atoms with E-state index in [1.165, 1.54) is 11.3 Å². The molecule has 0 saturated heterocycles. The van der Waals surface area contributed by atoms with Crippen LogP contribution in [0.2, 0.25) is 0 Å². The van der Waals surface area contributed by atoms with Gasteiger partial charge in [-0.1, -0.05) is 24.3 Å². The van der Waals surface area contributed by atoms with Crippen LogP contribution in [0.3, 0.4) is 0 Å². The monoisotopic (exact) mass is 388 g/mol. The van der Waals surface area contributed by atoms with Crippen molar-refractivity contribution in [1.82, 2.24) is 15.6 Å². The van der Waals surface area contributed by atoms with Gasteiger partial charge in [-0.25, -0.2) is 9.78 Å². The minimum Gasteiger partial charge on any atom is -0.508 e. The number of carbonyl (C=O) groups is 1. The van der Waals surface area contributed by atoms with Crippen molar-refractivity contribution in [2.75, 3.05) is 0 Å². The first kappa shape index (κ1) is 17.8. The number of nitrogens with one attached hydrogen (secondary N) is 2. The Balaban J connectivity index is 1.75. The molecule has 0 aliphatic carbocycles. The maximum Gasteiger partial charge on any atom is 0.319 e. The van der Waals surface area contributed by atoms with Crippen LogP contribution in [0.5, 0.6) is 5.75 Å². The van der Waals surface area contributed by atoms with Gasteiger partial charge in [0, 0.05) is 22.2 Å². The number of allylic oxidation sites excluding steroid dienone is 1. The first-order valence-corrected chi connectivity index (χ1v) is 9.47. The molecule has 0 spiro atoms. The van der Waals surface area contributed by atoms with Gasteiger partial charge in [0.15, 0.2) is 0 Å². The topological polar surface area (TPSA) is 98.0 Å². The van der Waals surface area contributed by atoms with E-state index in [0.29, 0.717) is 5.56 Å². The predicted octanol–water partition coefficient (Wildman–Crippen LogP) is 4.17. The molecule has 28 heavy (non-hydrogen) atoms. The lowest BCUT2D eigenvalue weighted by Crippen LogP contribution is -2.42. The molecule has 1 atom stereocenters. The third-order valence-electron chi connectivity index (χ3n) is 4.52. The summed E-state index contributed by atoms with van der Waals surface area (Å²) in [4.78, 5) is 16.8. The fraction of sp³-hybridized carbons (Fsp3) is 0.0952. The number of urea groups is 1. The molecule has 4 rings (SSSR count). The van der Waals surface area contributed by atoms with Crippen molar-refractivity contribution in [2.45, 2.75) is 13.0 Å². The molecule has 138 valence electrons. The first-order chi connectivity index (χ1) is 13.5. The zero-order valence-corrected chi connectivity index (χ0v) is 15.7. The summed E-state index contributed by atoms with van der Waals surface area (Å²) >= 11 is 1.48. The molecule has 6 nitrogen and oxygen atoms in total. The number of aromatic nitrogens is 1. The molecule has 0 unspecified atom stereocenters. The number of nitrogens with zero attached hydrogens (tertiary/aromatic N) is 2. The zero-order valence-electron chi connectivity index (χ0n) is 14.9. The standard InChI is InChI=1S/C21H16N4O2S/c1-12-18(19(25-21(27)23-12)15-3-2-4-16(26)9-15)20-24-17(11-28-20)14-7-5-13(10-22)6-8-14/h2-9,11,19,26H,1H3,(H2,23,25,27)/t19-/m1/s1. The number of amides is 2. The summed E-state index contributed by atoms with van der Waals surface area (Å²) in [5.41, 5.74) is 4.67. The summed E-state index contributed by atoms with van der Waals surface area (Å²) in [5, 5.41) is 27.2. The van der Waals surface area contributed by atoms with Crippen molar-refractivity contribution in [3.8, 4) is 23.1 Å². The molecule has 0 radical (unpaired) electrons. The van der Waals surface area contributed by atoms with Crippen molar-refractivity contribution >= 4 is 22.9 Å². The smallest absolute Gasteiger partial charge is 0.319 e. The number of carbonyl (C=O) groups excluding carboxylic acids is 1. The average molecular weight is 388 g/mol. The van der Waals surface area contributed by atoms with E-state index in [9.17, 15) is 9.90 Å². The SMILES string of the molecule is CC1=C(c2nc(-c3ccc(C#N)cc3)cs2)[C@@H](c2cccc(O)c2)NC(=O)N1. The lowest BCUT2D eigenvalue weighted by atomic mass is 9.96. The molecule has 0 bridgehead atoms. The van der Waals surface area contributed by atoms with Gasteiger partial charge in [-0.05, 0) is 36.8 Å². The van der Waals surface area contributed by atoms with E-state index in [1.54, 1.807) is 30.3 Å². The highest BCUT2D eigenvalue weighted by atomic mass is 32.1. The van der Waals surface area contributed by atoms with Crippen molar-refractivity contribution in [1.29, 1.82) is 5.26 Å². The maximum atomic E-state index is 12.0. The number of phenols is 1. The highest BCUT2D eigenvalue weighted by molar-refractivity contribution is 7.11. The van der Waals surface area contributed by atoms with Crippen molar-refractivity contribution in [2.24, 2.45) is 0 Å². The van der Waals surface area contributed by atoms with Crippen molar-refractivity contribution in [3.63, 3.8) is 0 Å². The maximum absolute atomic E-state index is 12.0. The molecule has 2 heterocycles. The minimum atomic E-state index is -0.416. The minimum absolute atomic E-state index is 0.139. The van der Waals surface area contributed by atoms with Gasteiger partial charge < -0.3 is 15.7 Å². The van der Waals surface area contributed by atoms with Gasteiger partial charge >= 0.3 is 6.03 Å². The van der Waals surface area contributed by atoms with Crippen LogP contribution in [0.25, 0.3) is 16.8 Å². The molecule has 2 amide bonds. The van der Waals surface area contributed by atoms with Gasteiger partial charge in [0.2, 0.25) is 0 Å². The van der Waals surface area contributed by atoms with Gasteiger partial charge in [0.25, 0.3) is 0 Å². The Bertz CT molecular complexity index is 1130. The third-order valence-corrected chi connectivity index (χ3v) is 5.39. The van der Waals surface area contributed by atoms with Crippen LogP contribution in [0.1, 0.15) is 29.1 Å². The van der Waals surface area contributed by atoms with Crippen LogP contribution in [0.4, 0.5) is 4.79 Å². The van der Waals surface area contributed by atoms with Gasteiger partial charge in [-0.2, -0.15) is 5.26 Å². The fourth-order valence-corrected chi connectivity index (χ4v) is 4.14. The second-order valence-electron chi connectivity index (χ2n) is 6.39. The van der Waals surface area contributed by atoms with E-state index in [4.69, 9.17) is 10.2 Å². The summed E-state index contributed by atoms with van der Waals surface area (Å²) in [6.07, 6.45) is 0. The van der Waals surface area contributed by atoms with Gasteiger partial charge in [-0.3, -0.25) is 0 Å². The molecular weight excluding hydrogens is 372 g/mol. The molecular formula is C21H16N4O2S. The van der Waals surface area contributed by atoms with E-state index in [0.717, 1.165) is 33.1 Å². The van der Waals surface area contributed by atoms with Crippen molar-refractivity contribution in [3.05, 3.63) is 75.7 Å². The summed E-state index contributed by atoms with van der Waals surface area (Å²) in [6.45, 7) is 1.84. The Hall–Kier alpha value is -3.63. The fourth-order valence-electron chi connectivity index (χ4n) is 3.18. The molecule has 7 heteroatoms. The lowest BCUT2D eigenvalue weighted by Gasteiger charge is -2.28. The molecule has 2 aromatic carbocycles. The zero-order chi connectivity index (χ0) is 19.7. The van der Waals surface area contributed by atoms with Crippen LogP contribution in [0, 0.1) is 11.3 Å². The van der Waals surface area contributed by atoms with Crippen LogP contribution in [0.15, 0.2) is 59.6 Å². The third kappa shape index (κ3) is 3.33. The summed E-state index contributed by atoms with van der Waals surface area (Å²) in [7, 11) is 0. The van der Waals surface area contributed by atoms with E-state index in [-0.39, 0.29) is 11.8 Å². The van der Waals surface area contributed by atoms with Crippen molar-refractivity contribution < 1.29 is 9.90 Å². The Morgan fingerprint density at radius 3 is 2.71 bits per heavy atom. The second kappa shape index (κ2) is 7.18. The lowest BCUT2D eigenvalue weighted by molar-refractivity contribution is 0.240. The van der Waals surface area contributed by atoms with Crippen LogP contribution in [-0.2, 0) is 0 Å². The summed E-state index contributed by atoms with van der Waals surface area (Å²) in [6, 6.07) is 15.5. The molecule has 1 aromatic heterocycles. The normalized spacial score (nSPS) is 16.3. The number of hydrogen-bond donors (Lipinski definition) is 3. The van der Waals surface area contributed by atoms with Gasteiger partial charge in [0.1, 0.15) is 10.8 Å². The Kier molecular flexibility index (Phi) is 4.55. The second-order valence-corrected chi connectivity index (χ2v) is 7.25. The van der Waals surface area contributed by atoms with Crippen LogP contribution >= 0.6 is 11.3 Å². The Morgan fingerprint density at radius 2 is 2.00 bits per heavy atom. The number of aromatic hydroxyl groups is 1. The Labute approximate surface area is 165 Å². The van der Waals surface area contributed by atoms with E-state index >= 15 is 0 Å². The summed E-state index contributed by atoms with van der Waals surface area (Å²) in [5.74, 6) is 0.139.